The van der Waals surface area contributed by atoms with Gasteiger partial charge in [0, 0.05) is 13.1 Å². The third-order valence-electron chi connectivity index (χ3n) is 4.93. The lowest BCUT2D eigenvalue weighted by atomic mass is 10.2. The summed E-state index contributed by atoms with van der Waals surface area (Å²) in [7, 11) is 0. The van der Waals surface area contributed by atoms with E-state index in [1.165, 1.54) is 18.2 Å². The Hall–Kier alpha value is -3.45. The van der Waals surface area contributed by atoms with Crippen molar-refractivity contribution in [1.82, 2.24) is 4.98 Å². The Morgan fingerprint density at radius 3 is 2.39 bits per heavy atom. The molecular formula is C24H23F2N3O2. The molecule has 0 aliphatic carbocycles. The third-order valence-corrected chi connectivity index (χ3v) is 4.93. The van der Waals surface area contributed by atoms with E-state index >= 15 is 0 Å². The Bertz CT molecular complexity index is 1090. The molecule has 31 heavy (non-hydrogen) atoms. The van der Waals surface area contributed by atoms with Gasteiger partial charge < -0.3 is 19.8 Å². The average molecular weight is 423 g/mol. The molecule has 5 nitrogen and oxygen atoms in total. The zero-order valence-corrected chi connectivity index (χ0v) is 16.9. The lowest BCUT2D eigenvalue weighted by Gasteiger charge is -2.20. The summed E-state index contributed by atoms with van der Waals surface area (Å²) < 4.78 is 39.0. The summed E-state index contributed by atoms with van der Waals surface area (Å²) in [5.74, 6) is -0.710. The number of hydrogen-bond acceptors (Lipinski definition) is 5. The second kappa shape index (κ2) is 9.57. The van der Waals surface area contributed by atoms with Gasteiger partial charge >= 0.3 is 0 Å². The normalized spacial score (nSPS) is 11.1. The van der Waals surface area contributed by atoms with Crippen molar-refractivity contribution in [1.29, 1.82) is 0 Å². The van der Waals surface area contributed by atoms with Crippen LogP contribution in [0.25, 0.3) is 11.1 Å². The Balaban J connectivity index is 1.45. The van der Waals surface area contributed by atoms with Crippen molar-refractivity contribution >= 4 is 17.1 Å². The molecule has 7 heteroatoms. The molecule has 0 saturated heterocycles. The fourth-order valence-corrected chi connectivity index (χ4v) is 3.26. The number of oxazole rings is 1. The van der Waals surface area contributed by atoms with Gasteiger partial charge in [-0.15, -0.1) is 0 Å². The molecule has 0 amide bonds. The topological polar surface area (TPSA) is 64.5 Å². The standard InChI is InChI=1S/C24H23F2N3O2/c25-20-5-3-6-21(26)19(20)16-30-18-11-9-17(10-12-18)15-29(14-4-13-27)24-28-22-7-1-2-8-23(22)31-24/h1-3,5-12H,4,13-16,27H2. The number of halogens is 2. The van der Waals surface area contributed by atoms with Gasteiger partial charge in [0.25, 0.3) is 6.01 Å². The van der Waals surface area contributed by atoms with Crippen molar-refractivity contribution < 1.29 is 17.9 Å². The summed E-state index contributed by atoms with van der Waals surface area (Å²) >= 11 is 0. The smallest absolute Gasteiger partial charge is 0.298 e. The van der Waals surface area contributed by atoms with Gasteiger partial charge in [-0.25, -0.2) is 8.78 Å². The van der Waals surface area contributed by atoms with E-state index in [2.05, 4.69) is 4.98 Å². The molecule has 0 bridgehead atoms. The van der Waals surface area contributed by atoms with Crippen molar-refractivity contribution in [2.24, 2.45) is 5.73 Å². The maximum Gasteiger partial charge on any atom is 0.298 e. The molecule has 0 radical (unpaired) electrons. The fraction of sp³-hybridized carbons (Fsp3) is 0.208. The maximum atomic E-state index is 13.8. The summed E-state index contributed by atoms with van der Waals surface area (Å²) in [5.41, 5.74) is 8.17. The van der Waals surface area contributed by atoms with Crippen LogP contribution >= 0.6 is 0 Å². The number of rotatable bonds is 9. The summed E-state index contributed by atoms with van der Waals surface area (Å²) in [6.07, 6.45) is 0.800. The van der Waals surface area contributed by atoms with Gasteiger partial charge in [-0.2, -0.15) is 4.98 Å². The van der Waals surface area contributed by atoms with Crippen LogP contribution in [0.1, 0.15) is 17.5 Å². The lowest BCUT2D eigenvalue weighted by molar-refractivity contribution is 0.292. The number of ether oxygens (including phenoxy) is 1. The third kappa shape index (κ3) is 5.00. The van der Waals surface area contributed by atoms with Crippen LogP contribution in [0.2, 0.25) is 0 Å². The number of para-hydroxylation sites is 2. The van der Waals surface area contributed by atoms with E-state index in [-0.39, 0.29) is 12.2 Å². The molecule has 2 N–H and O–H groups in total. The lowest BCUT2D eigenvalue weighted by Crippen LogP contribution is -2.25. The molecule has 1 heterocycles. The number of benzene rings is 3. The molecule has 4 aromatic rings. The second-order valence-electron chi connectivity index (χ2n) is 7.16. The molecule has 1 aromatic heterocycles. The zero-order chi connectivity index (χ0) is 21.6. The summed E-state index contributed by atoms with van der Waals surface area (Å²) in [4.78, 5) is 6.62. The highest BCUT2D eigenvalue weighted by Gasteiger charge is 2.15. The van der Waals surface area contributed by atoms with E-state index < -0.39 is 11.6 Å². The first-order chi connectivity index (χ1) is 15.1. The molecule has 0 saturated carbocycles. The first-order valence-corrected chi connectivity index (χ1v) is 10.1. The molecule has 160 valence electrons. The van der Waals surface area contributed by atoms with E-state index in [9.17, 15) is 8.78 Å². The number of nitrogens with two attached hydrogens (primary N) is 1. The molecular weight excluding hydrogens is 400 g/mol. The van der Waals surface area contributed by atoms with Crippen molar-refractivity contribution in [3.8, 4) is 5.75 Å². The minimum absolute atomic E-state index is 0.0875. The molecule has 0 aliphatic heterocycles. The highest BCUT2D eigenvalue weighted by Crippen LogP contribution is 2.24. The van der Waals surface area contributed by atoms with E-state index in [0.29, 0.717) is 31.4 Å². The van der Waals surface area contributed by atoms with Crippen molar-refractivity contribution in [3.63, 3.8) is 0 Å². The fourth-order valence-electron chi connectivity index (χ4n) is 3.26. The second-order valence-corrected chi connectivity index (χ2v) is 7.16. The summed E-state index contributed by atoms with van der Waals surface area (Å²) in [6, 6.07) is 19.3. The quantitative estimate of drug-likeness (QED) is 0.409. The van der Waals surface area contributed by atoms with Crippen molar-refractivity contribution in [2.45, 2.75) is 19.6 Å². The van der Waals surface area contributed by atoms with E-state index in [4.69, 9.17) is 14.9 Å². The van der Waals surface area contributed by atoms with Gasteiger partial charge in [-0.05, 0) is 54.9 Å². The van der Waals surface area contributed by atoms with Crippen LogP contribution in [-0.4, -0.2) is 18.1 Å². The average Bonchev–Trinajstić information content (AvgIpc) is 3.21. The molecule has 0 atom stereocenters. The minimum Gasteiger partial charge on any atom is -0.489 e. The first kappa shape index (κ1) is 20.8. The number of nitrogens with zero attached hydrogens (tertiary/aromatic N) is 2. The predicted octanol–water partition coefficient (Wildman–Crippen LogP) is 5.04. The number of hydrogen-bond donors (Lipinski definition) is 1. The van der Waals surface area contributed by atoms with Crippen LogP contribution in [0.3, 0.4) is 0 Å². The van der Waals surface area contributed by atoms with Gasteiger partial charge in [0.15, 0.2) is 5.58 Å². The van der Waals surface area contributed by atoms with Gasteiger partial charge in [0.1, 0.15) is 29.5 Å². The van der Waals surface area contributed by atoms with Crippen molar-refractivity contribution in [3.05, 3.63) is 89.5 Å². The molecule has 0 aliphatic rings. The van der Waals surface area contributed by atoms with Crippen LogP contribution in [0.5, 0.6) is 5.75 Å². The number of aromatic nitrogens is 1. The van der Waals surface area contributed by atoms with E-state index in [0.717, 1.165) is 23.1 Å². The Labute approximate surface area is 179 Å². The summed E-state index contributed by atoms with van der Waals surface area (Å²) in [6.45, 7) is 1.67. The van der Waals surface area contributed by atoms with Gasteiger partial charge in [-0.1, -0.05) is 30.3 Å². The van der Waals surface area contributed by atoms with E-state index in [1.807, 2.05) is 41.3 Å². The molecule has 4 rings (SSSR count). The van der Waals surface area contributed by atoms with E-state index in [1.54, 1.807) is 12.1 Å². The van der Waals surface area contributed by atoms with Gasteiger partial charge in [0.05, 0.1) is 5.56 Å². The maximum absolute atomic E-state index is 13.8. The SMILES string of the molecule is NCCCN(Cc1ccc(OCc2c(F)cccc2F)cc1)c1nc2ccccc2o1. The van der Waals surface area contributed by atoms with Crippen LogP contribution < -0.4 is 15.4 Å². The highest BCUT2D eigenvalue weighted by atomic mass is 19.1. The summed E-state index contributed by atoms with van der Waals surface area (Å²) in [5, 5.41) is 0. The van der Waals surface area contributed by atoms with Crippen LogP contribution in [-0.2, 0) is 13.2 Å². The highest BCUT2D eigenvalue weighted by molar-refractivity contribution is 5.74. The number of fused-ring (bicyclic) bond motifs is 1. The molecule has 0 unspecified atom stereocenters. The van der Waals surface area contributed by atoms with Gasteiger partial charge in [0.2, 0.25) is 0 Å². The monoisotopic (exact) mass is 423 g/mol. The molecule has 0 spiro atoms. The Morgan fingerprint density at radius 1 is 0.935 bits per heavy atom. The van der Waals surface area contributed by atoms with Crippen LogP contribution in [0, 0.1) is 11.6 Å². The zero-order valence-electron chi connectivity index (χ0n) is 16.9. The Morgan fingerprint density at radius 2 is 1.68 bits per heavy atom. The Kier molecular flexibility index (Phi) is 6.43. The van der Waals surface area contributed by atoms with Crippen LogP contribution in [0.4, 0.5) is 14.8 Å². The van der Waals surface area contributed by atoms with Crippen LogP contribution in [0.15, 0.2) is 71.1 Å². The number of anilines is 1. The molecule has 3 aromatic carbocycles. The van der Waals surface area contributed by atoms with Crippen molar-refractivity contribution in [2.75, 3.05) is 18.0 Å². The molecule has 0 fully saturated rings. The van der Waals surface area contributed by atoms with Gasteiger partial charge in [-0.3, -0.25) is 0 Å². The largest absolute Gasteiger partial charge is 0.489 e. The minimum atomic E-state index is -0.620. The predicted molar refractivity (Wildman–Crippen MR) is 116 cm³/mol. The first-order valence-electron chi connectivity index (χ1n) is 10.1.